The molecule has 22 heavy (non-hydrogen) atoms. The summed E-state index contributed by atoms with van der Waals surface area (Å²) < 4.78 is 5.32. The normalized spacial score (nSPS) is 15.6. The van der Waals surface area contributed by atoms with Crippen LogP contribution in [0.5, 0.6) is 0 Å². The lowest BCUT2D eigenvalue weighted by Gasteiger charge is -2.31. The summed E-state index contributed by atoms with van der Waals surface area (Å²) in [6.45, 7) is 3.90. The fraction of sp³-hybridized carbons (Fsp3) is 0.556. The first-order chi connectivity index (χ1) is 10.7. The minimum atomic E-state index is -0.0945. The molecule has 0 atom stereocenters. The quantitative estimate of drug-likeness (QED) is 0.598. The van der Waals surface area contributed by atoms with Gasteiger partial charge in [-0.05, 0) is 31.4 Å². The largest absolute Gasteiger partial charge is 0.465 e. The Bertz CT molecular complexity index is 478. The van der Waals surface area contributed by atoms with Gasteiger partial charge in [-0.25, -0.2) is 0 Å². The maximum absolute atomic E-state index is 12.3. The lowest BCUT2D eigenvalue weighted by atomic mass is 9.96. The van der Waals surface area contributed by atoms with Crippen LogP contribution >= 0.6 is 0 Å². The van der Waals surface area contributed by atoms with Gasteiger partial charge in [0.05, 0.1) is 12.5 Å². The van der Waals surface area contributed by atoms with E-state index in [0.717, 1.165) is 19.3 Å². The molecule has 0 spiro atoms. The molecule has 0 saturated carbocycles. The van der Waals surface area contributed by atoms with Crippen molar-refractivity contribution in [3.8, 4) is 0 Å². The van der Waals surface area contributed by atoms with Crippen LogP contribution in [0.15, 0.2) is 30.3 Å². The minimum Gasteiger partial charge on any atom is -0.465 e. The lowest BCUT2D eigenvalue weighted by molar-refractivity contribution is -0.150. The van der Waals surface area contributed by atoms with Gasteiger partial charge in [-0.1, -0.05) is 38.0 Å². The average Bonchev–Trinajstić information content (AvgIpc) is 2.59. The molecule has 1 aliphatic rings. The van der Waals surface area contributed by atoms with Gasteiger partial charge in [0.25, 0.3) is 5.91 Å². The molecule has 0 aliphatic carbocycles. The number of benzene rings is 1. The standard InChI is InChI=1S/C18H25NO3/c1-2-3-7-14-22-18(21)16-10-12-19(13-11-16)17(20)15-8-5-4-6-9-15/h4-6,8-9,16H,2-3,7,10-14H2,1H3. The molecule has 0 N–H and O–H groups in total. The van der Waals surface area contributed by atoms with Crippen molar-refractivity contribution in [1.82, 2.24) is 4.90 Å². The van der Waals surface area contributed by atoms with Gasteiger partial charge in [-0.3, -0.25) is 9.59 Å². The highest BCUT2D eigenvalue weighted by Gasteiger charge is 2.28. The predicted molar refractivity (Wildman–Crippen MR) is 85.6 cm³/mol. The lowest BCUT2D eigenvalue weighted by Crippen LogP contribution is -2.40. The van der Waals surface area contributed by atoms with Gasteiger partial charge in [0.2, 0.25) is 0 Å². The zero-order valence-electron chi connectivity index (χ0n) is 13.3. The molecule has 1 amide bonds. The summed E-state index contributed by atoms with van der Waals surface area (Å²) in [5.74, 6) is -0.0975. The summed E-state index contributed by atoms with van der Waals surface area (Å²) in [7, 11) is 0. The van der Waals surface area contributed by atoms with Crippen molar-refractivity contribution in [3.63, 3.8) is 0 Å². The Balaban J connectivity index is 1.75. The maximum Gasteiger partial charge on any atom is 0.309 e. The number of carbonyl (C=O) groups excluding carboxylic acids is 2. The molecule has 0 unspecified atom stereocenters. The molecule has 1 aromatic rings. The smallest absolute Gasteiger partial charge is 0.309 e. The Labute approximate surface area is 132 Å². The molecule has 1 saturated heterocycles. The van der Waals surface area contributed by atoms with Crippen LogP contribution in [0.4, 0.5) is 0 Å². The Hall–Kier alpha value is -1.84. The van der Waals surface area contributed by atoms with Crippen LogP contribution in [0.25, 0.3) is 0 Å². The number of ether oxygens (including phenoxy) is 1. The van der Waals surface area contributed by atoms with Crippen LogP contribution in [-0.2, 0) is 9.53 Å². The Morgan fingerprint density at radius 3 is 2.45 bits per heavy atom. The van der Waals surface area contributed by atoms with E-state index in [-0.39, 0.29) is 17.8 Å². The van der Waals surface area contributed by atoms with Crippen LogP contribution in [0.3, 0.4) is 0 Å². The molecule has 120 valence electrons. The van der Waals surface area contributed by atoms with Gasteiger partial charge in [-0.2, -0.15) is 0 Å². The number of hydrogen-bond acceptors (Lipinski definition) is 3. The molecule has 1 heterocycles. The number of hydrogen-bond donors (Lipinski definition) is 0. The summed E-state index contributed by atoms with van der Waals surface area (Å²) in [6.07, 6.45) is 4.55. The minimum absolute atomic E-state index is 0.0513. The fourth-order valence-electron chi connectivity index (χ4n) is 2.72. The van der Waals surface area contributed by atoms with Crippen molar-refractivity contribution < 1.29 is 14.3 Å². The molecule has 1 aromatic carbocycles. The first kappa shape index (κ1) is 16.5. The van der Waals surface area contributed by atoms with Gasteiger partial charge in [0, 0.05) is 18.7 Å². The highest BCUT2D eigenvalue weighted by atomic mass is 16.5. The number of rotatable bonds is 6. The number of unbranched alkanes of at least 4 members (excludes halogenated alkanes) is 2. The van der Waals surface area contributed by atoms with Gasteiger partial charge in [0.1, 0.15) is 0 Å². The number of carbonyl (C=O) groups is 2. The van der Waals surface area contributed by atoms with Crippen molar-refractivity contribution >= 4 is 11.9 Å². The molecule has 4 nitrogen and oxygen atoms in total. The highest BCUT2D eigenvalue weighted by molar-refractivity contribution is 5.94. The third kappa shape index (κ3) is 4.58. The van der Waals surface area contributed by atoms with E-state index >= 15 is 0 Å². The summed E-state index contributed by atoms with van der Waals surface area (Å²) in [6, 6.07) is 9.30. The summed E-state index contributed by atoms with van der Waals surface area (Å²) in [5.41, 5.74) is 0.711. The molecule has 1 aliphatic heterocycles. The fourth-order valence-corrected chi connectivity index (χ4v) is 2.72. The molecule has 0 bridgehead atoms. The number of piperidine rings is 1. The van der Waals surface area contributed by atoms with Crippen molar-refractivity contribution in [3.05, 3.63) is 35.9 Å². The van der Waals surface area contributed by atoms with E-state index in [4.69, 9.17) is 4.74 Å². The van der Waals surface area contributed by atoms with Gasteiger partial charge in [0.15, 0.2) is 0 Å². The van der Waals surface area contributed by atoms with Gasteiger partial charge >= 0.3 is 5.97 Å². The third-order valence-corrected chi connectivity index (χ3v) is 4.13. The Morgan fingerprint density at radius 2 is 1.82 bits per heavy atom. The SMILES string of the molecule is CCCCCOC(=O)C1CCN(C(=O)c2ccccc2)CC1. The topological polar surface area (TPSA) is 46.6 Å². The van der Waals surface area contributed by atoms with E-state index in [2.05, 4.69) is 6.92 Å². The van der Waals surface area contributed by atoms with E-state index in [1.807, 2.05) is 35.2 Å². The number of amides is 1. The predicted octanol–water partition coefficient (Wildman–Crippen LogP) is 3.27. The second kappa shape index (κ2) is 8.57. The van der Waals surface area contributed by atoms with Gasteiger partial charge in [-0.15, -0.1) is 0 Å². The second-order valence-corrected chi connectivity index (χ2v) is 5.81. The van der Waals surface area contributed by atoms with Crippen LogP contribution in [-0.4, -0.2) is 36.5 Å². The second-order valence-electron chi connectivity index (χ2n) is 5.81. The first-order valence-corrected chi connectivity index (χ1v) is 8.23. The van der Waals surface area contributed by atoms with Gasteiger partial charge < -0.3 is 9.64 Å². The zero-order chi connectivity index (χ0) is 15.8. The van der Waals surface area contributed by atoms with E-state index < -0.39 is 0 Å². The molecular weight excluding hydrogens is 278 g/mol. The summed E-state index contributed by atoms with van der Waals surface area (Å²) in [4.78, 5) is 26.1. The van der Waals surface area contributed by atoms with Crippen molar-refractivity contribution in [1.29, 1.82) is 0 Å². The highest BCUT2D eigenvalue weighted by Crippen LogP contribution is 2.20. The van der Waals surface area contributed by atoms with Crippen LogP contribution in [0, 0.1) is 5.92 Å². The molecule has 1 fully saturated rings. The molecule has 0 radical (unpaired) electrons. The molecule has 2 rings (SSSR count). The van der Waals surface area contributed by atoms with Crippen LogP contribution in [0.1, 0.15) is 49.4 Å². The Morgan fingerprint density at radius 1 is 1.14 bits per heavy atom. The molecule has 4 heteroatoms. The number of nitrogens with zero attached hydrogens (tertiary/aromatic N) is 1. The molecular formula is C18H25NO3. The Kier molecular flexibility index (Phi) is 6.44. The van der Waals surface area contributed by atoms with Crippen LogP contribution in [0.2, 0.25) is 0 Å². The van der Waals surface area contributed by atoms with Crippen molar-refractivity contribution in [2.75, 3.05) is 19.7 Å². The zero-order valence-corrected chi connectivity index (χ0v) is 13.3. The van der Waals surface area contributed by atoms with E-state index in [1.165, 1.54) is 0 Å². The summed E-state index contributed by atoms with van der Waals surface area (Å²) in [5, 5.41) is 0. The van der Waals surface area contributed by atoms with Crippen LogP contribution < -0.4 is 0 Å². The summed E-state index contributed by atoms with van der Waals surface area (Å²) >= 11 is 0. The number of esters is 1. The number of likely N-dealkylation sites (tertiary alicyclic amines) is 1. The maximum atomic E-state index is 12.3. The van der Waals surface area contributed by atoms with Crippen molar-refractivity contribution in [2.45, 2.75) is 39.0 Å². The van der Waals surface area contributed by atoms with E-state index in [9.17, 15) is 9.59 Å². The monoisotopic (exact) mass is 303 g/mol. The van der Waals surface area contributed by atoms with Crippen molar-refractivity contribution in [2.24, 2.45) is 5.92 Å². The van der Waals surface area contributed by atoms with E-state index in [1.54, 1.807) is 0 Å². The molecule has 0 aromatic heterocycles. The third-order valence-electron chi connectivity index (χ3n) is 4.13. The first-order valence-electron chi connectivity index (χ1n) is 8.23. The average molecular weight is 303 g/mol. The van der Waals surface area contributed by atoms with E-state index in [0.29, 0.717) is 38.1 Å².